The fourth-order valence-electron chi connectivity index (χ4n) is 6.57. The predicted molar refractivity (Wildman–Crippen MR) is 188 cm³/mol. The zero-order valence-electron chi connectivity index (χ0n) is 30.4. The van der Waals surface area contributed by atoms with Crippen molar-refractivity contribution in [3.05, 3.63) is 57.8 Å². The molecule has 3 aliphatic rings. The van der Waals surface area contributed by atoms with Gasteiger partial charge >= 0.3 is 0 Å². The first kappa shape index (κ1) is 41.7. The van der Waals surface area contributed by atoms with Crippen LogP contribution in [-0.4, -0.2) is 155 Å². The number of fused-ring (bicyclic) bond motifs is 1. The number of hydrogen-bond donors (Lipinski definition) is 11. The Bertz CT molecular complexity index is 1930. The van der Waals surface area contributed by atoms with Crippen molar-refractivity contribution in [1.82, 2.24) is 0 Å². The second kappa shape index (κ2) is 16.9. The molecule has 1 aromatic heterocycles. The minimum absolute atomic E-state index is 0.00154. The number of aliphatic hydroxyl groups is 9. The molecule has 0 unspecified atom stereocenters. The fourth-order valence-corrected chi connectivity index (χ4v) is 6.57. The van der Waals surface area contributed by atoms with Crippen LogP contribution in [0.15, 0.2) is 51.2 Å². The maximum atomic E-state index is 14.6. The number of hydrogen-bond acceptors (Lipinski definition) is 19. The topological polar surface area (TPSA) is 308 Å². The number of phenolic OH excluding ortho intramolecular Hbond substituents is 2. The van der Waals surface area contributed by atoms with E-state index < -0.39 is 122 Å². The predicted octanol–water partition coefficient (Wildman–Crippen LogP) is -1.77. The van der Waals surface area contributed by atoms with Gasteiger partial charge in [-0.15, -0.1) is 0 Å². The molecule has 14 atom stereocenters. The van der Waals surface area contributed by atoms with Gasteiger partial charge < -0.3 is 89.0 Å². The van der Waals surface area contributed by atoms with Crippen LogP contribution in [0, 0.1) is 0 Å². The van der Waals surface area contributed by atoms with E-state index in [1.165, 1.54) is 31.2 Å². The molecular weight excluding hydrogens is 748 g/mol. The molecular formula is C37H46O19. The summed E-state index contributed by atoms with van der Waals surface area (Å²) in [7, 11) is 0. The molecule has 3 fully saturated rings. The van der Waals surface area contributed by atoms with Gasteiger partial charge in [0.15, 0.2) is 18.2 Å². The number of rotatable bonds is 10. The molecule has 0 amide bonds. The van der Waals surface area contributed by atoms with Gasteiger partial charge in [-0.1, -0.05) is 11.6 Å². The molecule has 11 N–H and O–H groups in total. The second-order valence-electron chi connectivity index (χ2n) is 14.2. The van der Waals surface area contributed by atoms with Gasteiger partial charge in [-0.2, -0.15) is 0 Å². The van der Waals surface area contributed by atoms with Crippen molar-refractivity contribution < 1.29 is 89.0 Å². The first-order valence-electron chi connectivity index (χ1n) is 17.8. The van der Waals surface area contributed by atoms with E-state index in [4.69, 9.17) is 32.8 Å². The Morgan fingerprint density at radius 1 is 0.821 bits per heavy atom. The Morgan fingerprint density at radius 2 is 1.48 bits per heavy atom. The lowest BCUT2D eigenvalue weighted by molar-refractivity contribution is -0.344. The van der Waals surface area contributed by atoms with Crippen LogP contribution in [0.1, 0.15) is 26.3 Å². The van der Waals surface area contributed by atoms with Crippen LogP contribution in [0.25, 0.3) is 22.3 Å². The van der Waals surface area contributed by atoms with E-state index in [0.717, 1.165) is 11.6 Å². The van der Waals surface area contributed by atoms with E-state index in [1.54, 1.807) is 19.9 Å². The Balaban J connectivity index is 1.48. The van der Waals surface area contributed by atoms with Crippen LogP contribution >= 0.6 is 0 Å². The zero-order chi connectivity index (χ0) is 40.7. The van der Waals surface area contributed by atoms with Crippen LogP contribution in [0.3, 0.4) is 0 Å². The number of allylic oxidation sites excluding steroid dienone is 2. The molecule has 19 nitrogen and oxygen atoms in total. The molecule has 0 bridgehead atoms. The average Bonchev–Trinajstić information content (AvgIpc) is 3.16. The van der Waals surface area contributed by atoms with E-state index in [1.807, 2.05) is 0 Å². The van der Waals surface area contributed by atoms with Crippen molar-refractivity contribution in [2.24, 2.45) is 0 Å². The third-order valence-corrected chi connectivity index (χ3v) is 9.87. The van der Waals surface area contributed by atoms with Crippen molar-refractivity contribution >= 4 is 11.0 Å². The number of benzene rings is 2. The normalized spacial score (nSPS) is 34.9. The number of ether oxygens (including phenoxy) is 6. The molecule has 2 aromatic carbocycles. The van der Waals surface area contributed by atoms with Crippen LogP contribution < -0.4 is 14.9 Å². The number of phenols is 2. The lowest BCUT2D eigenvalue weighted by Crippen LogP contribution is -2.62. The van der Waals surface area contributed by atoms with Crippen molar-refractivity contribution in [1.29, 1.82) is 0 Å². The standard InChI is InChI=1S/C37H46O19/c1-13(2)4-9-17-20(52-36-30(49)28(47)25(44)21(11-38)53-36)10-18(40)22-26(45)33(31(54-32(17)22)15-5-7-16(39)8-6-15)55-37-34(24(43)19(41)12-50-37)56-35-29(48)27(46)23(42)14(3)51-35/h4-8,10,14,19,21,23-25,27-30,34-44,46-49H,9,11-12H2,1-3H3/t14-,19-,21-,23-,24-,25-,27-,28-,29-,30-,34-,35-,36-,37+/m0/s1. The van der Waals surface area contributed by atoms with Gasteiger partial charge in [0.2, 0.25) is 23.8 Å². The van der Waals surface area contributed by atoms with E-state index in [9.17, 15) is 61.0 Å². The second-order valence-corrected chi connectivity index (χ2v) is 14.2. The molecule has 0 saturated carbocycles. The maximum Gasteiger partial charge on any atom is 0.239 e. The number of aliphatic hydroxyl groups excluding tert-OH is 9. The van der Waals surface area contributed by atoms with Gasteiger partial charge in [0.25, 0.3) is 0 Å². The fraction of sp³-hybridized carbons (Fsp3) is 0.541. The summed E-state index contributed by atoms with van der Waals surface area (Å²) in [4.78, 5) is 14.6. The largest absolute Gasteiger partial charge is 0.508 e. The molecule has 0 aliphatic carbocycles. The van der Waals surface area contributed by atoms with Crippen molar-refractivity contribution in [3.8, 4) is 34.3 Å². The first-order chi connectivity index (χ1) is 26.5. The summed E-state index contributed by atoms with van der Waals surface area (Å²) >= 11 is 0. The minimum atomic E-state index is -1.83. The van der Waals surface area contributed by atoms with Crippen LogP contribution in [-0.2, 0) is 25.4 Å². The van der Waals surface area contributed by atoms with Gasteiger partial charge in [0, 0.05) is 17.2 Å². The molecule has 19 heteroatoms. The zero-order valence-corrected chi connectivity index (χ0v) is 30.4. The summed E-state index contributed by atoms with van der Waals surface area (Å²) in [5.74, 6) is -1.95. The van der Waals surface area contributed by atoms with Crippen LogP contribution in [0.4, 0.5) is 0 Å². The van der Waals surface area contributed by atoms with Crippen molar-refractivity contribution in [2.45, 2.75) is 113 Å². The molecule has 56 heavy (non-hydrogen) atoms. The Kier molecular flexibility index (Phi) is 12.6. The Labute approximate surface area is 318 Å². The van der Waals surface area contributed by atoms with Gasteiger partial charge in [0.1, 0.15) is 83.2 Å². The summed E-state index contributed by atoms with van der Waals surface area (Å²) in [6, 6.07) is 6.37. The molecule has 4 heterocycles. The maximum absolute atomic E-state index is 14.6. The SMILES string of the molecule is CC(C)=CCc1c(O[C@H]2O[C@@H](CO)[C@H](O)[C@H](O)[C@@H]2O)cc(O)c2c(=O)c(O[C@H]3OC[C@H](O)[C@H](O)[C@@H]3O[C@@H]3O[C@@H](C)[C@H](O)[C@H](O)[C@@H]3O)c(-c3ccc(O)cc3)oc12. The Hall–Kier alpha value is -3.93. The van der Waals surface area contributed by atoms with E-state index >= 15 is 0 Å². The highest BCUT2D eigenvalue weighted by molar-refractivity contribution is 5.91. The third kappa shape index (κ3) is 8.09. The van der Waals surface area contributed by atoms with E-state index in [-0.39, 0.29) is 40.4 Å². The van der Waals surface area contributed by atoms with Gasteiger partial charge in [0.05, 0.1) is 19.3 Å². The molecule has 3 saturated heterocycles. The summed E-state index contributed by atoms with van der Waals surface area (Å²) in [5.41, 5.74) is -0.137. The monoisotopic (exact) mass is 794 g/mol. The summed E-state index contributed by atoms with van der Waals surface area (Å²) in [6.07, 6.45) is -21.1. The summed E-state index contributed by atoms with van der Waals surface area (Å²) in [5, 5.41) is 115. The van der Waals surface area contributed by atoms with Gasteiger partial charge in [-0.3, -0.25) is 4.79 Å². The minimum Gasteiger partial charge on any atom is -0.508 e. The van der Waals surface area contributed by atoms with E-state index in [2.05, 4.69) is 0 Å². The molecule has 6 rings (SSSR count). The molecule has 3 aromatic rings. The highest BCUT2D eigenvalue weighted by Crippen LogP contribution is 2.42. The Morgan fingerprint density at radius 3 is 2.14 bits per heavy atom. The quantitative estimate of drug-likeness (QED) is 0.101. The molecule has 0 radical (unpaired) electrons. The molecule has 3 aliphatic heterocycles. The van der Waals surface area contributed by atoms with Gasteiger partial charge in [-0.25, -0.2) is 0 Å². The van der Waals surface area contributed by atoms with E-state index in [0.29, 0.717) is 0 Å². The highest BCUT2D eigenvalue weighted by atomic mass is 16.8. The van der Waals surface area contributed by atoms with Crippen molar-refractivity contribution in [3.63, 3.8) is 0 Å². The lowest BCUT2D eigenvalue weighted by Gasteiger charge is -2.43. The smallest absolute Gasteiger partial charge is 0.239 e. The number of aromatic hydroxyl groups is 2. The highest BCUT2D eigenvalue weighted by Gasteiger charge is 2.49. The molecule has 0 spiro atoms. The van der Waals surface area contributed by atoms with Gasteiger partial charge in [-0.05, 0) is 51.5 Å². The van der Waals surface area contributed by atoms with Crippen molar-refractivity contribution in [2.75, 3.05) is 13.2 Å². The lowest BCUT2D eigenvalue weighted by atomic mass is 9.99. The summed E-state index contributed by atoms with van der Waals surface area (Å²) < 4.78 is 40.9. The summed E-state index contributed by atoms with van der Waals surface area (Å²) in [6.45, 7) is 3.72. The van der Waals surface area contributed by atoms with Crippen LogP contribution in [0.2, 0.25) is 0 Å². The average molecular weight is 795 g/mol. The third-order valence-electron chi connectivity index (χ3n) is 9.87. The first-order valence-corrected chi connectivity index (χ1v) is 17.8. The van der Waals surface area contributed by atoms with Crippen LogP contribution in [0.5, 0.6) is 23.0 Å². The molecule has 308 valence electrons.